The van der Waals surface area contributed by atoms with E-state index in [0.717, 1.165) is 5.75 Å². The van der Waals surface area contributed by atoms with Crippen LogP contribution in [0, 0.1) is 0 Å². The van der Waals surface area contributed by atoms with Gasteiger partial charge in [-0.2, -0.15) is 0 Å². The number of hydrogen-bond donors (Lipinski definition) is 0. The molecule has 5 nitrogen and oxygen atoms in total. The molecule has 0 radical (unpaired) electrons. The molecule has 21 heavy (non-hydrogen) atoms. The maximum absolute atomic E-state index is 12.5. The van der Waals surface area contributed by atoms with E-state index in [1.165, 1.54) is 0 Å². The average Bonchev–Trinajstić information content (AvgIpc) is 2.54. The summed E-state index contributed by atoms with van der Waals surface area (Å²) in [5.74, 6) is 0.833. The van der Waals surface area contributed by atoms with E-state index >= 15 is 0 Å². The van der Waals surface area contributed by atoms with Crippen molar-refractivity contribution in [2.24, 2.45) is 0 Å². The van der Waals surface area contributed by atoms with Crippen LogP contribution in [0.2, 0.25) is 0 Å². The third-order valence-corrected chi connectivity index (χ3v) is 3.47. The van der Waals surface area contributed by atoms with Crippen LogP contribution < -0.4 is 4.74 Å². The van der Waals surface area contributed by atoms with Crippen LogP contribution in [0.4, 0.5) is 0 Å². The number of Topliss-reactive ketones (excluding diaryl/α,β-unsaturated/α-hetero) is 1. The topological polar surface area (TPSA) is 48.0 Å². The summed E-state index contributed by atoms with van der Waals surface area (Å²) in [6.45, 7) is 4.48. The van der Waals surface area contributed by atoms with Crippen LogP contribution in [0.1, 0.15) is 17.3 Å². The third kappa shape index (κ3) is 5.46. The van der Waals surface area contributed by atoms with Gasteiger partial charge in [0.05, 0.1) is 26.4 Å². The first kappa shape index (κ1) is 17.6. The lowest BCUT2D eigenvalue weighted by atomic mass is 10.0. The number of carbonyl (C=O) groups excluding carboxylic acids is 1. The van der Waals surface area contributed by atoms with E-state index in [1.807, 2.05) is 6.92 Å². The smallest absolute Gasteiger partial charge is 0.179 e. The van der Waals surface area contributed by atoms with Gasteiger partial charge in [0.15, 0.2) is 5.78 Å². The number of benzene rings is 1. The summed E-state index contributed by atoms with van der Waals surface area (Å²) in [5.41, 5.74) is 0.683. The molecule has 0 aliphatic heterocycles. The van der Waals surface area contributed by atoms with Gasteiger partial charge in [-0.15, -0.1) is 0 Å². The highest BCUT2D eigenvalue weighted by Gasteiger charge is 2.22. The molecule has 1 atom stereocenters. The Morgan fingerprint density at radius 1 is 1.05 bits per heavy atom. The first-order valence-electron chi connectivity index (χ1n) is 7.04. The Balaban J connectivity index is 2.74. The van der Waals surface area contributed by atoms with E-state index in [1.54, 1.807) is 45.6 Å². The van der Waals surface area contributed by atoms with Gasteiger partial charge in [-0.05, 0) is 31.2 Å². The number of ether oxygens (including phenoxy) is 3. The monoisotopic (exact) mass is 295 g/mol. The fraction of sp³-hybridized carbons (Fsp3) is 0.562. The van der Waals surface area contributed by atoms with E-state index in [2.05, 4.69) is 4.90 Å². The van der Waals surface area contributed by atoms with Crippen LogP contribution in [-0.4, -0.2) is 64.4 Å². The second-order valence-electron chi connectivity index (χ2n) is 4.79. The molecule has 0 saturated carbocycles. The van der Waals surface area contributed by atoms with Crippen LogP contribution >= 0.6 is 0 Å². The zero-order chi connectivity index (χ0) is 15.7. The Bertz CT molecular complexity index is 411. The summed E-state index contributed by atoms with van der Waals surface area (Å²) in [4.78, 5) is 14.6. The number of methoxy groups -OCH3 is 3. The molecule has 0 aliphatic carbocycles. The molecule has 0 spiro atoms. The molecule has 0 aliphatic rings. The van der Waals surface area contributed by atoms with E-state index < -0.39 is 0 Å². The standard InChI is InChI=1S/C16H25NO4/c1-13(17(9-11-19-2)10-12-20-3)16(18)14-5-7-15(21-4)8-6-14/h5-8,13H,9-12H2,1-4H3. The van der Waals surface area contributed by atoms with Crippen molar-refractivity contribution >= 4 is 5.78 Å². The molecule has 0 N–H and O–H groups in total. The summed E-state index contributed by atoms with van der Waals surface area (Å²) in [6.07, 6.45) is 0. The van der Waals surface area contributed by atoms with Gasteiger partial charge in [0, 0.05) is 32.9 Å². The number of rotatable bonds is 10. The minimum atomic E-state index is -0.219. The van der Waals surface area contributed by atoms with Gasteiger partial charge in [-0.1, -0.05) is 0 Å². The molecule has 0 amide bonds. The van der Waals surface area contributed by atoms with Crippen molar-refractivity contribution in [3.8, 4) is 5.75 Å². The Labute approximate surface area is 126 Å². The zero-order valence-corrected chi connectivity index (χ0v) is 13.3. The van der Waals surface area contributed by atoms with Gasteiger partial charge in [0.25, 0.3) is 0 Å². The average molecular weight is 295 g/mol. The van der Waals surface area contributed by atoms with E-state index in [-0.39, 0.29) is 11.8 Å². The maximum atomic E-state index is 12.5. The van der Waals surface area contributed by atoms with Crippen molar-refractivity contribution in [3.63, 3.8) is 0 Å². The molecule has 118 valence electrons. The molecule has 0 fully saturated rings. The predicted molar refractivity (Wildman–Crippen MR) is 82.1 cm³/mol. The number of hydrogen-bond acceptors (Lipinski definition) is 5. The Morgan fingerprint density at radius 2 is 1.57 bits per heavy atom. The lowest BCUT2D eigenvalue weighted by molar-refractivity contribution is 0.0687. The quantitative estimate of drug-likeness (QED) is 0.617. The zero-order valence-electron chi connectivity index (χ0n) is 13.3. The highest BCUT2D eigenvalue weighted by Crippen LogP contribution is 2.14. The fourth-order valence-corrected chi connectivity index (χ4v) is 2.08. The van der Waals surface area contributed by atoms with Crippen molar-refractivity contribution in [1.29, 1.82) is 0 Å². The van der Waals surface area contributed by atoms with Crippen molar-refractivity contribution in [3.05, 3.63) is 29.8 Å². The van der Waals surface area contributed by atoms with Crippen LogP contribution in [-0.2, 0) is 9.47 Å². The van der Waals surface area contributed by atoms with Gasteiger partial charge in [-0.3, -0.25) is 9.69 Å². The lowest BCUT2D eigenvalue weighted by Gasteiger charge is -2.27. The van der Waals surface area contributed by atoms with E-state index in [0.29, 0.717) is 31.9 Å². The van der Waals surface area contributed by atoms with Gasteiger partial charge >= 0.3 is 0 Å². The summed E-state index contributed by atoms with van der Waals surface area (Å²) >= 11 is 0. The fourth-order valence-electron chi connectivity index (χ4n) is 2.08. The lowest BCUT2D eigenvalue weighted by Crippen LogP contribution is -2.42. The number of nitrogens with zero attached hydrogens (tertiary/aromatic N) is 1. The van der Waals surface area contributed by atoms with Crippen molar-refractivity contribution in [1.82, 2.24) is 4.90 Å². The third-order valence-electron chi connectivity index (χ3n) is 3.47. The molecular formula is C16H25NO4. The van der Waals surface area contributed by atoms with E-state index in [4.69, 9.17) is 14.2 Å². The largest absolute Gasteiger partial charge is 0.497 e. The molecule has 1 rings (SSSR count). The first-order valence-corrected chi connectivity index (χ1v) is 7.04. The van der Waals surface area contributed by atoms with Gasteiger partial charge < -0.3 is 14.2 Å². The Hall–Kier alpha value is -1.43. The first-order chi connectivity index (χ1) is 10.1. The molecule has 0 bridgehead atoms. The highest BCUT2D eigenvalue weighted by atomic mass is 16.5. The molecule has 0 aromatic heterocycles. The highest BCUT2D eigenvalue weighted by molar-refractivity contribution is 5.99. The van der Waals surface area contributed by atoms with Crippen LogP contribution in [0.15, 0.2) is 24.3 Å². The second-order valence-corrected chi connectivity index (χ2v) is 4.79. The number of ketones is 1. The molecule has 1 aromatic carbocycles. The molecule has 1 unspecified atom stereocenters. The van der Waals surface area contributed by atoms with Crippen molar-refractivity contribution in [2.75, 3.05) is 47.6 Å². The van der Waals surface area contributed by atoms with Gasteiger partial charge in [0.1, 0.15) is 5.75 Å². The minimum absolute atomic E-state index is 0.0878. The molecule has 0 saturated heterocycles. The Morgan fingerprint density at radius 3 is 2.00 bits per heavy atom. The summed E-state index contributed by atoms with van der Waals surface area (Å²) < 4.78 is 15.3. The maximum Gasteiger partial charge on any atom is 0.179 e. The normalized spacial score (nSPS) is 12.4. The number of carbonyl (C=O) groups is 1. The Kier molecular flexibility index (Phi) is 7.97. The second kappa shape index (κ2) is 9.50. The van der Waals surface area contributed by atoms with Gasteiger partial charge in [0.2, 0.25) is 0 Å². The predicted octanol–water partition coefficient (Wildman–Crippen LogP) is 1.86. The SMILES string of the molecule is COCCN(CCOC)C(C)C(=O)c1ccc(OC)cc1. The van der Waals surface area contributed by atoms with E-state index in [9.17, 15) is 4.79 Å². The minimum Gasteiger partial charge on any atom is -0.497 e. The molecular weight excluding hydrogens is 270 g/mol. The van der Waals surface area contributed by atoms with Crippen molar-refractivity contribution in [2.45, 2.75) is 13.0 Å². The molecule has 0 heterocycles. The van der Waals surface area contributed by atoms with Crippen LogP contribution in [0.5, 0.6) is 5.75 Å². The van der Waals surface area contributed by atoms with Gasteiger partial charge in [-0.25, -0.2) is 0 Å². The van der Waals surface area contributed by atoms with Crippen molar-refractivity contribution < 1.29 is 19.0 Å². The molecule has 1 aromatic rings. The summed E-state index contributed by atoms with van der Waals surface area (Å²) in [7, 11) is 4.92. The summed E-state index contributed by atoms with van der Waals surface area (Å²) in [5, 5.41) is 0. The molecule has 5 heteroatoms. The van der Waals surface area contributed by atoms with Crippen LogP contribution in [0.3, 0.4) is 0 Å². The van der Waals surface area contributed by atoms with Crippen LogP contribution in [0.25, 0.3) is 0 Å². The summed E-state index contributed by atoms with van der Waals surface area (Å²) in [6, 6.07) is 6.97.